The van der Waals surface area contributed by atoms with E-state index in [9.17, 15) is 0 Å². The quantitative estimate of drug-likeness (QED) is 0.336. The molecule has 0 rings (SSSR count). The Kier molecular flexibility index (Phi) is 13.0. The molecule has 0 heterocycles. The van der Waals surface area contributed by atoms with E-state index in [1.165, 1.54) is 63.2 Å². The van der Waals surface area contributed by atoms with Crippen LogP contribution in [0.5, 0.6) is 0 Å². The molecule has 0 aromatic carbocycles. The summed E-state index contributed by atoms with van der Waals surface area (Å²) >= 11 is 0. The van der Waals surface area contributed by atoms with Crippen LogP contribution in [0.2, 0.25) is 0 Å². The van der Waals surface area contributed by atoms with Gasteiger partial charge in [0.15, 0.2) is 0 Å². The molecule has 2 atom stereocenters. The zero-order valence-corrected chi connectivity index (χ0v) is 13.8. The molecule has 0 amide bonds. The van der Waals surface area contributed by atoms with Crippen molar-refractivity contribution in [3.63, 3.8) is 0 Å². The summed E-state index contributed by atoms with van der Waals surface area (Å²) in [5.74, 6) is 0. The average Bonchev–Trinajstić information content (AvgIpc) is 2.29. The summed E-state index contributed by atoms with van der Waals surface area (Å²) in [6, 6.07) is 0. The SMILES string of the molecule is CCCCP(C)CCCCP(C)CCCC. The first-order chi connectivity index (χ1) is 7.70. The Labute approximate surface area is 106 Å². The fourth-order valence-corrected chi connectivity index (χ4v) is 5.53. The molecule has 0 saturated carbocycles. The van der Waals surface area contributed by atoms with Gasteiger partial charge in [0.25, 0.3) is 0 Å². The van der Waals surface area contributed by atoms with Crippen molar-refractivity contribution in [2.45, 2.75) is 52.4 Å². The van der Waals surface area contributed by atoms with Gasteiger partial charge in [-0.1, -0.05) is 26.7 Å². The number of unbranched alkanes of at least 4 members (excludes halogenated alkanes) is 3. The van der Waals surface area contributed by atoms with Crippen LogP contribution in [0.15, 0.2) is 0 Å². The first-order valence-corrected chi connectivity index (χ1v) is 11.4. The monoisotopic (exact) mass is 262 g/mol. The van der Waals surface area contributed by atoms with Crippen LogP contribution in [0, 0.1) is 0 Å². The molecular weight excluding hydrogens is 230 g/mol. The van der Waals surface area contributed by atoms with Crippen molar-refractivity contribution in [2.24, 2.45) is 0 Å². The lowest BCUT2D eigenvalue weighted by Gasteiger charge is -2.14. The molecule has 16 heavy (non-hydrogen) atoms. The molecule has 0 aliphatic carbocycles. The number of hydrogen-bond donors (Lipinski definition) is 0. The van der Waals surface area contributed by atoms with Gasteiger partial charge in [-0.15, -0.1) is 15.8 Å². The van der Waals surface area contributed by atoms with E-state index < -0.39 is 0 Å². The summed E-state index contributed by atoms with van der Waals surface area (Å²) in [5, 5.41) is 0. The lowest BCUT2D eigenvalue weighted by molar-refractivity contribution is 0.863. The molecule has 0 nitrogen and oxygen atoms in total. The Hall–Kier alpha value is 0.860. The van der Waals surface area contributed by atoms with Gasteiger partial charge in [0.2, 0.25) is 0 Å². The highest BCUT2D eigenvalue weighted by Crippen LogP contribution is 2.36. The third kappa shape index (κ3) is 11.3. The van der Waals surface area contributed by atoms with Crippen molar-refractivity contribution in [3.8, 4) is 0 Å². The molecule has 0 saturated heterocycles. The van der Waals surface area contributed by atoms with E-state index in [0.29, 0.717) is 15.8 Å². The molecule has 0 aromatic rings. The van der Waals surface area contributed by atoms with Crippen molar-refractivity contribution in [2.75, 3.05) is 38.0 Å². The Morgan fingerprint density at radius 1 is 0.562 bits per heavy atom. The van der Waals surface area contributed by atoms with Crippen molar-refractivity contribution < 1.29 is 0 Å². The van der Waals surface area contributed by atoms with Crippen LogP contribution < -0.4 is 0 Å². The average molecular weight is 262 g/mol. The minimum absolute atomic E-state index is 0.379. The topological polar surface area (TPSA) is 0 Å². The molecule has 0 fully saturated rings. The van der Waals surface area contributed by atoms with Crippen molar-refractivity contribution in [1.29, 1.82) is 0 Å². The second-order valence-electron chi connectivity index (χ2n) is 5.02. The van der Waals surface area contributed by atoms with E-state index in [2.05, 4.69) is 27.2 Å². The molecule has 0 spiro atoms. The molecule has 2 heteroatoms. The van der Waals surface area contributed by atoms with Crippen LogP contribution in [0.25, 0.3) is 0 Å². The molecule has 0 radical (unpaired) electrons. The zero-order valence-electron chi connectivity index (χ0n) is 12.0. The smallest absolute Gasteiger partial charge is 0.0328 e. The zero-order chi connectivity index (χ0) is 12.2. The van der Waals surface area contributed by atoms with Gasteiger partial charge in [-0.05, 0) is 63.7 Å². The molecule has 0 N–H and O–H groups in total. The predicted octanol–water partition coefficient (Wildman–Crippen LogP) is 5.59. The summed E-state index contributed by atoms with van der Waals surface area (Å²) in [6.07, 6.45) is 14.8. The minimum atomic E-state index is 0.379. The Bertz CT molecular complexity index is 121. The van der Waals surface area contributed by atoms with Crippen LogP contribution in [-0.4, -0.2) is 38.0 Å². The summed E-state index contributed by atoms with van der Waals surface area (Å²) in [4.78, 5) is 0. The highest BCUT2D eigenvalue weighted by molar-refractivity contribution is 7.57. The number of rotatable bonds is 11. The van der Waals surface area contributed by atoms with E-state index in [1.54, 1.807) is 0 Å². The first-order valence-electron chi connectivity index (χ1n) is 7.07. The first kappa shape index (κ1) is 16.9. The molecule has 0 aromatic heterocycles. The van der Waals surface area contributed by atoms with Gasteiger partial charge in [-0.3, -0.25) is 0 Å². The van der Waals surface area contributed by atoms with E-state index in [1.807, 2.05) is 0 Å². The van der Waals surface area contributed by atoms with Gasteiger partial charge in [0, 0.05) is 0 Å². The normalized spacial score (nSPS) is 15.0. The minimum Gasteiger partial charge on any atom is -0.110 e. The van der Waals surface area contributed by atoms with Gasteiger partial charge in [0.1, 0.15) is 0 Å². The van der Waals surface area contributed by atoms with Gasteiger partial charge < -0.3 is 0 Å². The summed E-state index contributed by atoms with van der Waals surface area (Å²) < 4.78 is 0. The molecule has 0 bridgehead atoms. The maximum absolute atomic E-state index is 2.50. The maximum Gasteiger partial charge on any atom is -0.0328 e. The van der Waals surface area contributed by atoms with E-state index >= 15 is 0 Å². The van der Waals surface area contributed by atoms with E-state index in [-0.39, 0.29) is 0 Å². The number of hydrogen-bond acceptors (Lipinski definition) is 0. The Morgan fingerprint density at radius 2 is 0.875 bits per heavy atom. The van der Waals surface area contributed by atoms with Gasteiger partial charge >= 0.3 is 0 Å². The highest BCUT2D eigenvalue weighted by Gasteiger charge is 2.03. The second-order valence-corrected chi connectivity index (χ2v) is 10.2. The van der Waals surface area contributed by atoms with Crippen LogP contribution >= 0.6 is 15.8 Å². The van der Waals surface area contributed by atoms with Crippen molar-refractivity contribution >= 4 is 15.8 Å². The van der Waals surface area contributed by atoms with E-state index in [4.69, 9.17) is 0 Å². The van der Waals surface area contributed by atoms with Crippen molar-refractivity contribution in [3.05, 3.63) is 0 Å². The van der Waals surface area contributed by atoms with Gasteiger partial charge in [-0.25, -0.2) is 0 Å². The maximum atomic E-state index is 2.50. The van der Waals surface area contributed by atoms with Gasteiger partial charge in [0.05, 0.1) is 0 Å². The van der Waals surface area contributed by atoms with Crippen LogP contribution in [0.4, 0.5) is 0 Å². The fraction of sp³-hybridized carbons (Fsp3) is 1.00. The van der Waals surface area contributed by atoms with E-state index in [0.717, 1.165) is 0 Å². The lowest BCUT2D eigenvalue weighted by atomic mass is 10.4. The summed E-state index contributed by atoms with van der Waals surface area (Å²) in [5.41, 5.74) is 0. The molecule has 98 valence electrons. The third-order valence-corrected chi connectivity index (χ3v) is 7.44. The largest absolute Gasteiger partial charge is 0.110 e. The Balaban J connectivity index is 3.24. The molecule has 0 aliphatic heterocycles. The van der Waals surface area contributed by atoms with Crippen molar-refractivity contribution in [1.82, 2.24) is 0 Å². The highest BCUT2D eigenvalue weighted by atomic mass is 31.1. The van der Waals surface area contributed by atoms with Crippen LogP contribution in [0.1, 0.15) is 52.4 Å². The third-order valence-electron chi connectivity index (χ3n) is 3.12. The predicted molar refractivity (Wildman–Crippen MR) is 84.2 cm³/mol. The molecule has 2 unspecified atom stereocenters. The molecular formula is C14H32P2. The lowest BCUT2D eigenvalue weighted by Crippen LogP contribution is -1.93. The Morgan fingerprint density at radius 3 is 1.19 bits per heavy atom. The second kappa shape index (κ2) is 12.3. The van der Waals surface area contributed by atoms with Crippen LogP contribution in [0.3, 0.4) is 0 Å². The standard InChI is InChI=1S/C14H32P2/c1-5-7-11-15(3)13-9-10-14-16(4)12-8-6-2/h5-14H2,1-4H3. The van der Waals surface area contributed by atoms with Gasteiger partial charge in [-0.2, -0.15) is 0 Å². The van der Waals surface area contributed by atoms with Crippen LogP contribution in [-0.2, 0) is 0 Å². The fourth-order valence-electron chi connectivity index (χ4n) is 1.84. The molecule has 0 aliphatic rings. The summed E-state index contributed by atoms with van der Waals surface area (Å²) in [6.45, 7) is 9.61. The summed E-state index contributed by atoms with van der Waals surface area (Å²) in [7, 11) is 0.758.